The Kier molecular flexibility index (Phi) is 7.93. The van der Waals surface area contributed by atoms with E-state index in [0.717, 1.165) is 62.0 Å². The molecule has 6 aromatic carbocycles. The van der Waals surface area contributed by atoms with E-state index in [4.69, 9.17) is 15.0 Å². The van der Waals surface area contributed by atoms with Gasteiger partial charge in [-0.1, -0.05) is 156 Å². The second-order valence-corrected chi connectivity index (χ2v) is 13.2. The highest BCUT2D eigenvalue weighted by atomic mass is 15.4. The zero-order valence-corrected chi connectivity index (χ0v) is 28.8. The summed E-state index contributed by atoms with van der Waals surface area (Å²) in [6.45, 7) is 8.52. The van der Waals surface area contributed by atoms with Crippen molar-refractivity contribution in [2.24, 2.45) is 9.98 Å². The molecule has 1 aliphatic rings. The van der Waals surface area contributed by atoms with E-state index < -0.39 is 5.79 Å². The summed E-state index contributed by atoms with van der Waals surface area (Å²) in [5, 5.41) is 0. The van der Waals surface area contributed by atoms with Gasteiger partial charge in [-0.05, 0) is 52.0 Å². The van der Waals surface area contributed by atoms with E-state index in [1.807, 2.05) is 12.1 Å². The summed E-state index contributed by atoms with van der Waals surface area (Å²) < 4.78 is 2.29. The Morgan fingerprint density at radius 3 is 1.36 bits per heavy atom. The lowest BCUT2D eigenvalue weighted by Crippen LogP contribution is -2.31. The van der Waals surface area contributed by atoms with Gasteiger partial charge < -0.3 is 0 Å². The topological polar surface area (TPSA) is 42.5 Å². The lowest BCUT2D eigenvalue weighted by molar-refractivity contribution is 0.409. The molecule has 0 amide bonds. The van der Waals surface area contributed by atoms with Crippen molar-refractivity contribution in [1.82, 2.24) is 9.55 Å². The number of aryl methyl sites for hydroxylation is 4. The van der Waals surface area contributed by atoms with Crippen molar-refractivity contribution in [3.63, 3.8) is 0 Å². The minimum absolute atomic E-state index is 0.795. The van der Waals surface area contributed by atoms with Crippen LogP contribution in [0.4, 0.5) is 0 Å². The number of rotatable bonds is 7. The third-order valence-corrected chi connectivity index (χ3v) is 9.31. The molecule has 4 heteroatoms. The van der Waals surface area contributed by atoms with Crippen LogP contribution in [0.3, 0.4) is 0 Å². The van der Waals surface area contributed by atoms with Crippen LogP contribution in [0.25, 0.3) is 33.9 Å². The van der Waals surface area contributed by atoms with Crippen molar-refractivity contribution < 1.29 is 0 Å². The van der Waals surface area contributed by atoms with E-state index in [-0.39, 0.29) is 0 Å². The van der Waals surface area contributed by atoms with Gasteiger partial charge in [0.1, 0.15) is 5.82 Å². The molecule has 0 saturated carbocycles. The maximum atomic E-state index is 5.81. The molecule has 0 saturated heterocycles. The van der Waals surface area contributed by atoms with Gasteiger partial charge in [0, 0.05) is 33.4 Å². The molecule has 242 valence electrons. The van der Waals surface area contributed by atoms with Crippen LogP contribution < -0.4 is 0 Å². The Hall–Kier alpha value is -6.13. The summed E-state index contributed by atoms with van der Waals surface area (Å²) in [5.41, 5.74) is 14.3. The van der Waals surface area contributed by atoms with Gasteiger partial charge in [0.05, 0.1) is 22.8 Å². The zero-order chi connectivity index (χ0) is 34.2. The molecule has 0 bridgehead atoms. The smallest absolute Gasteiger partial charge is 0.261 e. The van der Waals surface area contributed by atoms with E-state index in [1.165, 1.54) is 22.3 Å². The van der Waals surface area contributed by atoms with E-state index in [1.54, 1.807) is 0 Å². The number of aromatic nitrogens is 2. The van der Waals surface area contributed by atoms with Gasteiger partial charge in [0.15, 0.2) is 0 Å². The highest BCUT2D eigenvalue weighted by Crippen LogP contribution is 2.46. The molecule has 7 aromatic rings. The number of nitrogens with zero attached hydrogens (tertiary/aromatic N) is 4. The average Bonchev–Trinajstić information content (AvgIpc) is 3.74. The van der Waals surface area contributed by atoms with Crippen LogP contribution in [0, 0.1) is 27.7 Å². The molecule has 0 aliphatic carbocycles. The zero-order valence-electron chi connectivity index (χ0n) is 28.8. The lowest BCUT2D eigenvalue weighted by atomic mass is 9.98. The molecule has 0 N–H and O–H groups in total. The first-order valence-electron chi connectivity index (χ1n) is 17.1. The molecule has 0 atom stereocenters. The molecule has 2 heterocycles. The predicted molar refractivity (Wildman–Crippen MR) is 207 cm³/mol. The average molecular weight is 647 g/mol. The van der Waals surface area contributed by atoms with Crippen molar-refractivity contribution in [3.05, 3.63) is 197 Å². The number of hydrogen-bond acceptors (Lipinski definition) is 3. The first-order chi connectivity index (χ1) is 24.4. The van der Waals surface area contributed by atoms with Crippen molar-refractivity contribution in [3.8, 4) is 33.9 Å². The summed E-state index contributed by atoms with van der Waals surface area (Å²) in [5.74, 6) is -0.428. The van der Waals surface area contributed by atoms with Crippen LogP contribution >= 0.6 is 0 Å². The summed E-state index contributed by atoms with van der Waals surface area (Å²) in [6, 6.07) is 55.4. The number of benzene rings is 6. The summed E-state index contributed by atoms with van der Waals surface area (Å²) in [7, 11) is 0. The lowest BCUT2D eigenvalue weighted by Gasteiger charge is -2.30. The maximum Gasteiger partial charge on any atom is 0.261 e. The number of aliphatic imine (C=N–C) groups is 2. The van der Waals surface area contributed by atoms with E-state index in [0.29, 0.717) is 0 Å². The highest BCUT2D eigenvalue weighted by Gasteiger charge is 2.45. The quantitative estimate of drug-likeness (QED) is 0.170. The first kappa shape index (κ1) is 31.2. The van der Waals surface area contributed by atoms with E-state index in [2.05, 4.69) is 178 Å². The van der Waals surface area contributed by atoms with Gasteiger partial charge in [0.2, 0.25) is 0 Å². The summed E-state index contributed by atoms with van der Waals surface area (Å²) in [6.07, 6.45) is 0. The third-order valence-electron chi connectivity index (χ3n) is 9.31. The molecule has 50 heavy (non-hydrogen) atoms. The van der Waals surface area contributed by atoms with Crippen LogP contribution in [-0.4, -0.2) is 21.0 Å². The van der Waals surface area contributed by atoms with E-state index in [9.17, 15) is 0 Å². The van der Waals surface area contributed by atoms with Gasteiger partial charge >= 0.3 is 0 Å². The Labute approximate surface area is 294 Å². The molecular formula is C46H38N4. The highest BCUT2D eigenvalue weighted by molar-refractivity contribution is 6.54. The monoisotopic (exact) mass is 646 g/mol. The molecule has 4 nitrogen and oxygen atoms in total. The maximum absolute atomic E-state index is 5.81. The van der Waals surface area contributed by atoms with Crippen molar-refractivity contribution in [2.75, 3.05) is 0 Å². The van der Waals surface area contributed by atoms with Crippen LogP contribution in [0.5, 0.6) is 0 Å². The molecule has 8 rings (SSSR count). The third kappa shape index (κ3) is 5.59. The van der Waals surface area contributed by atoms with Gasteiger partial charge in [-0.15, -0.1) is 0 Å². The SMILES string of the molecule is Cc1cccc(C2=NC(c3ccccc3)(n3c(-c4ccccc4)nc(-c4cccc(C)c4)c3-c3cccc(C)c3)N=C2c2cccc(C)c2)c1. The minimum atomic E-state index is -1.22. The van der Waals surface area contributed by atoms with Crippen LogP contribution in [0.15, 0.2) is 168 Å². The Balaban J connectivity index is 1.57. The number of imidazole rings is 1. The standard InChI is InChI=1S/C46H38N4/c1-31-15-11-21-36(27-31)41-42(37-22-12-16-32(2)28-37)49-46(48-41,40-25-9-6-10-26-40)50-44(39-24-14-18-34(4)30-39)43(38-23-13-17-33(3)29-38)47-45(50)35-19-7-5-8-20-35/h5-30H,1-4H3. The largest absolute Gasteiger partial charge is 0.275 e. The van der Waals surface area contributed by atoms with Crippen molar-refractivity contribution >= 4 is 11.4 Å². The Morgan fingerprint density at radius 2 is 0.840 bits per heavy atom. The normalized spacial score (nSPS) is 13.6. The molecule has 0 unspecified atom stereocenters. The fourth-order valence-electron chi connectivity index (χ4n) is 7.01. The second kappa shape index (κ2) is 12.7. The van der Waals surface area contributed by atoms with Crippen LogP contribution in [-0.2, 0) is 5.79 Å². The number of hydrogen-bond donors (Lipinski definition) is 0. The van der Waals surface area contributed by atoms with Gasteiger partial charge in [-0.25, -0.2) is 15.0 Å². The van der Waals surface area contributed by atoms with Crippen LogP contribution in [0.1, 0.15) is 38.9 Å². The van der Waals surface area contributed by atoms with Crippen molar-refractivity contribution in [2.45, 2.75) is 33.5 Å². The van der Waals surface area contributed by atoms with Gasteiger partial charge in [-0.2, -0.15) is 0 Å². The molecule has 0 fully saturated rings. The summed E-state index contributed by atoms with van der Waals surface area (Å²) in [4.78, 5) is 17.2. The predicted octanol–water partition coefficient (Wildman–Crippen LogP) is 10.8. The van der Waals surface area contributed by atoms with E-state index >= 15 is 0 Å². The van der Waals surface area contributed by atoms with Crippen LogP contribution in [0.2, 0.25) is 0 Å². The van der Waals surface area contributed by atoms with Gasteiger partial charge in [-0.3, -0.25) is 4.57 Å². The molecule has 0 radical (unpaired) electrons. The molecule has 1 aliphatic heterocycles. The Morgan fingerprint density at radius 1 is 0.420 bits per heavy atom. The fraction of sp³-hybridized carbons (Fsp3) is 0.109. The van der Waals surface area contributed by atoms with Gasteiger partial charge in [0.25, 0.3) is 5.79 Å². The molecule has 1 aromatic heterocycles. The Bertz CT molecular complexity index is 2350. The first-order valence-corrected chi connectivity index (χ1v) is 17.1. The fourth-order valence-corrected chi connectivity index (χ4v) is 7.01. The molecule has 0 spiro atoms. The minimum Gasteiger partial charge on any atom is -0.275 e. The summed E-state index contributed by atoms with van der Waals surface area (Å²) >= 11 is 0. The van der Waals surface area contributed by atoms with Crippen molar-refractivity contribution in [1.29, 1.82) is 0 Å². The second-order valence-electron chi connectivity index (χ2n) is 13.2. The molecular weight excluding hydrogens is 609 g/mol.